The van der Waals surface area contributed by atoms with E-state index in [0.29, 0.717) is 34.3 Å². The van der Waals surface area contributed by atoms with Gasteiger partial charge in [-0.25, -0.2) is 4.98 Å². The molecule has 1 amide bonds. The van der Waals surface area contributed by atoms with E-state index in [9.17, 15) is 4.79 Å². The Morgan fingerprint density at radius 1 is 1.03 bits per heavy atom. The zero-order valence-electron chi connectivity index (χ0n) is 18.4. The van der Waals surface area contributed by atoms with Crippen LogP contribution in [0.1, 0.15) is 31.7 Å². The average Bonchev–Trinajstić information content (AvgIpc) is 3.26. The van der Waals surface area contributed by atoms with Crippen LogP contribution in [0, 0.1) is 0 Å². The first-order chi connectivity index (χ1) is 15.6. The summed E-state index contributed by atoms with van der Waals surface area (Å²) < 4.78 is 16.6. The van der Waals surface area contributed by atoms with Gasteiger partial charge in [-0.15, -0.1) is 0 Å². The molecule has 1 atom stereocenters. The highest BCUT2D eigenvalue weighted by molar-refractivity contribution is 5.94. The van der Waals surface area contributed by atoms with Crippen LogP contribution in [0.3, 0.4) is 0 Å². The van der Waals surface area contributed by atoms with Gasteiger partial charge in [0.25, 0.3) is 5.91 Å². The van der Waals surface area contributed by atoms with Gasteiger partial charge in [0.2, 0.25) is 5.89 Å². The number of carbonyl (C=O) groups is 1. The first-order valence-corrected chi connectivity index (χ1v) is 10.6. The number of aromatic nitrogens is 1. The van der Waals surface area contributed by atoms with Gasteiger partial charge in [0.1, 0.15) is 17.0 Å². The van der Waals surface area contributed by atoms with Crippen LogP contribution in [-0.2, 0) is 4.79 Å². The van der Waals surface area contributed by atoms with Crippen LogP contribution in [0.4, 0.5) is 5.69 Å². The van der Waals surface area contributed by atoms with E-state index in [0.717, 1.165) is 17.7 Å². The highest BCUT2D eigenvalue weighted by atomic mass is 16.5. The van der Waals surface area contributed by atoms with Crippen molar-refractivity contribution >= 4 is 22.7 Å². The maximum Gasteiger partial charge on any atom is 0.262 e. The second-order valence-corrected chi connectivity index (χ2v) is 7.65. The summed E-state index contributed by atoms with van der Waals surface area (Å²) in [6, 6.07) is 20.7. The molecule has 6 heteroatoms. The number of benzene rings is 3. The fourth-order valence-electron chi connectivity index (χ4n) is 3.34. The quantitative estimate of drug-likeness (QED) is 0.369. The zero-order chi connectivity index (χ0) is 22.5. The molecular weight excluding hydrogens is 404 g/mol. The molecule has 0 spiro atoms. The number of hydrogen-bond acceptors (Lipinski definition) is 5. The summed E-state index contributed by atoms with van der Waals surface area (Å²) in [4.78, 5) is 16.9. The molecule has 164 valence electrons. The Hall–Kier alpha value is -3.80. The van der Waals surface area contributed by atoms with Crippen LogP contribution in [0.25, 0.3) is 22.6 Å². The van der Waals surface area contributed by atoms with Crippen LogP contribution in [0.15, 0.2) is 71.1 Å². The van der Waals surface area contributed by atoms with Crippen LogP contribution >= 0.6 is 0 Å². The van der Waals surface area contributed by atoms with Crippen molar-refractivity contribution in [3.05, 3.63) is 72.3 Å². The van der Waals surface area contributed by atoms with Gasteiger partial charge < -0.3 is 19.2 Å². The van der Waals surface area contributed by atoms with Gasteiger partial charge in [-0.2, -0.15) is 0 Å². The molecule has 1 N–H and O–H groups in total. The topological polar surface area (TPSA) is 73.6 Å². The van der Waals surface area contributed by atoms with Crippen molar-refractivity contribution in [2.45, 2.75) is 26.2 Å². The second kappa shape index (κ2) is 9.56. The fraction of sp³-hybridized carbons (Fsp3) is 0.231. The largest absolute Gasteiger partial charge is 0.497 e. The van der Waals surface area contributed by atoms with Crippen molar-refractivity contribution < 1.29 is 18.7 Å². The first-order valence-electron chi connectivity index (χ1n) is 10.6. The van der Waals surface area contributed by atoms with Crippen molar-refractivity contribution in [1.82, 2.24) is 4.98 Å². The summed E-state index contributed by atoms with van der Waals surface area (Å²) in [5, 5.41) is 2.85. The van der Waals surface area contributed by atoms with Crippen molar-refractivity contribution in [3.8, 4) is 23.0 Å². The lowest BCUT2D eigenvalue weighted by Crippen LogP contribution is -2.20. The van der Waals surface area contributed by atoms with Gasteiger partial charge in [0, 0.05) is 11.3 Å². The van der Waals surface area contributed by atoms with E-state index >= 15 is 0 Å². The fourth-order valence-corrected chi connectivity index (χ4v) is 3.34. The van der Waals surface area contributed by atoms with Gasteiger partial charge >= 0.3 is 0 Å². The van der Waals surface area contributed by atoms with Crippen LogP contribution in [0.5, 0.6) is 11.5 Å². The number of hydrogen-bond donors (Lipinski definition) is 1. The summed E-state index contributed by atoms with van der Waals surface area (Å²) >= 11 is 0. The first kappa shape index (κ1) is 21.4. The standard InChI is InChI=1S/C26H26N2O4/c1-4-17(2)18-5-12-22(13-6-18)31-16-25(29)27-20-9-14-24-23(15-20)28-26(32-24)19-7-10-21(30-3)11-8-19/h5-15,17H,4,16H2,1-3H3,(H,27,29)/t17-/m1/s1. The Labute approximate surface area is 187 Å². The number of ether oxygens (including phenoxy) is 2. The van der Waals surface area contributed by atoms with Gasteiger partial charge in [-0.3, -0.25) is 4.79 Å². The summed E-state index contributed by atoms with van der Waals surface area (Å²) in [5.41, 5.74) is 4.05. The molecule has 0 fully saturated rings. The zero-order valence-corrected chi connectivity index (χ0v) is 18.4. The summed E-state index contributed by atoms with van der Waals surface area (Å²) in [6.45, 7) is 4.28. The molecule has 0 saturated carbocycles. The molecule has 32 heavy (non-hydrogen) atoms. The van der Waals surface area contributed by atoms with Crippen molar-refractivity contribution in [2.24, 2.45) is 0 Å². The Morgan fingerprint density at radius 2 is 1.75 bits per heavy atom. The number of anilines is 1. The van der Waals surface area contributed by atoms with E-state index in [4.69, 9.17) is 13.9 Å². The third kappa shape index (κ3) is 4.91. The number of nitrogens with one attached hydrogen (secondary N) is 1. The minimum absolute atomic E-state index is 0.0728. The molecule has 0 bridgehead atoms. The van der Waals surface area contributed by atoms with Gasteiger partial charge in [0.15, 0.2) is 12.2 Å². The SMILES string of the molecule is CC[C@@H](C)c1ccc(OCC(=O)Nc2ccc3oc(-c4ccc(OC)cc4)nc3c2)cc1. The van der Waals surface area contributed by atoms with E-state index in [1.807, 2.05) is 48.5 Å². The number of rotatable bonds is 8. The second-order valence-electron chi connectivity index (χ2n) is 7.65. The molecular formula is C26H26N2O4. The highest BCUT2D eigenvalue weighted by Gasteiger charge is 2.11. The van der Waals surface area contributed by atoms with Crippen LogP contribution in [-0.4, -0.2) is 24.6 Å². The summed E-state index contributed by atoms with van der Waals surface area (Å²) in [5.74, 6) is 2.21. The number of oxazole rings is 1. The summed E-state index contributed by atoms with van der Waals surface area (Å²) in [6.07, 6.45) is 1.08. The third-order valence-electron chi connectivity index (χ3n) is 5.44. The van der Waals surface area contributed by atoms with Gasteiger partial charge in [-0.1, -0.05) is 26.0 Å². The van der Waals surface area contributed by atoms with Gasteiger partial charge in [0.05, 0.1) is 7.11 Å². The van der Waals surface area contributed by atoms with E-state index < -0.39 is 0 Å². The Bertz CT molecular complexity index is 1200. The van der Waals surface area contributed by atoms with E-state index in [2.05, 4.69) is 24.1 Å². The molecule has 1 heterocycles. The molecule has 4 rings (SSSR count). The Kier molecular flexibility index (Phi) is 6.40. The van der Waals surface area contributed by atoms with Crippen molar-refractivity contribution in [1.29, 1.82) is 0 Å². The molecule has 6 nitrogen and oxygen atoms in total. The highest BCUT2D eigenvalue weighted by Crippen LogP contribution is 2.27. The Morgan fingerprint density at radius 3 is 2.44 bits per heavy atom. The maximum atomic E-state index is 12.3. The molecule has 0 radical (unpaired) electrons. The third-order valence-corrected chi connectivity index (χ3v) is 5.44. The smallest absolute Gasteiger partial charge is 0.262 e. The number of carbonyl (C=O) groups excluding carboxylic acids is 1. The molecule has 0 aliphatic heterocycles. The van der Waals surface area contributed by atoms with E-state index in [-0.39, 0.29) is 12.5 Å². The lowest BCUT2D eigenvalue weighted by molar-refractivity contribution is -0.118. The van der Waals surface area contributed by atoms with Crippen LogP contribution in [0.2, 0.25) is 0 Å². The normalized spacial score (nSPS) is 11.8. The van der Waals surface area contributed by atoms with Crippen molar-refractivity contribution in [3.63, 3.8) is 0 Å². The van der Waals surface area contributed by atoms with Crippen molar-refractivity contribution in [2.75, 3.05) is 19.0 Å². The molecule has 0 saturated heterocycles. The minimum Gasteiger partial charge on any atom is -0.497 e. The summed E-state index contributed by atoms with van der Waals surface area (Å²) in [7, 11) is 1.62. The number of nitrogens with zero attached hydrogens (tertiary/aromatic N) is 1. The van der Waals surface area contributed by atoms with E-state index in [1.165, 1.54) is 5.56 Å². The number of methoxy groups -OCH3 is 1. The number of amides is 1. The maximum absolute atomic E-state index is 12.3. The van der Waals surface area contributed by atoms with Crippen LogP contribution < -0.4 is 14.8 Å². The minimum atomic E-state index is -0.241. The Balaban J connectivity index is 1.38. The molecule has 3 aromatic carbocycles. The predicted molar refractivity (Wildman–Crippen MR) is 125 cm³/mol. The molecule has 0 unspecified atom stereocenters. The monoisotopic (exact) mass is 430 g/mol. The average molecular weight is 431 g/mol. The molecule has 0 aliphatic rings. The number of fused-ring (bicyclic) bond motifs is 1. The van der Waals surface area contributed by atoms with Gasteiger partial charge in [-0.05, 0) is 72.5 Å². The lowest BCUT2D eigenvalue weighted by atomic mass is 9.99. The lowest BCUT2D eigenvalue weighted by Gasteiger charge is -2.11. The molecule has 4 aromatic rings. The predicted octanol–water partition coefficient (Wildman–Crippen LogP) is 6.03. The molecule has 1 aromatic heterocycles. The van der Waals surface area contributed by atoms with E-state index in [1.54, 1.807) is 25.3 Å². The molecule has 0 aliphatic carbocycles.